The molecule has 4 N–H and O–H groups in total. The summed E-state index contributed by atoms with van der Waals surface area (Å²) in [5, 5.41) is 21.2. The summed E-state index contributed by atoms with van der Waals surface area (Å²) in [5.74, 6) is -0.365. The van der Waals surface area contributed by atoms with Crippen molar-refractivity contribution in [2.75, 3.05) is 0 Å². The fourth-order valence-electron chi connectivity index (χ4n) is 3.27. The van der Waals surface area contributed by atoms with Gasteiger partial charge >= 0.3 is 11.4 Å². The average Bonchev–Trinajstić information content (AvgIpc) is 3.37. The molecule has 158 valence electrons. The van der Waals surface area contributed by atoms with Gasteiger partial charge in [-0.3, -0.25) is 27.9 Å². The van der Waals surface area contributed by atoms with E-state index in [1.807, 2.05) is 0 Å². The van der Waals surface area contributed by atoms with Crippen LogP contribution < -0.4 is 22.5 Å². The van der Waals surface area contributed by atoms with Crippen LogP contribution in [0.2, 0.25) is 0 Å². The minimum Gasteiger partial charge on any atom is -0.382 e. The maximum Gasteiger partial charge on any atom is 0.332 e. The van der Waals surface area contributed by atoms with E-state index in [0.29, 0.717) is 0 Å². The molecule has 4 aromatic rings. The maximum absolute atomic E-state index is 12.3. The number of aromatic amines is 2. The molecule has 4 rings (SSSR count). The molecule has 0 spiro atoms. The van der Waals surface area contributed by atoms with E-state index in [1.54, 1.807) is 0 Å². The first-order chi connectivity index (χ1) is 14.0. The van der Waals surface area contributed by atoms with Crippen molar-refractivity contribution in [3.8, 4) is 0 Å². The van der Waals surface area contributed by atoms with E-state index in [2.05, 4.69) is 19.9 Å². The molecule has 4 aromatic heterocycles. The van der Waals surface area contributed by atoms with Crippen molar-refractivity contribution in [2.24, 2.45) is 28.2 Å². The van der Waals surface area contributed by atoms with Gasteiger partial charge in [0.1, 0.15) is 34.9 Å². The summed E-state index contributed by atoms with van der Waals surface area (Å²) in [7, 11) is 5.42. The van der Waals surface area contributed by atoms with Crippen LogP contribution in [0.5, 0.6) is 0 Å². The Balaban J connectivity index is 1.84. The lowest BCUT2D eigenvalue weighted by molar-refractivity contribution is 0.00775. The number of aryl methyl sites for hydroxylation is 2. The fourth-order valence-corrected chi connectivity index (χ4v) is 3.27. The molecule has 0 aliphatic heterocycles. The molecule has 14 nitrogen and oxygen atoms in total. The number of imidazole rings is 2. The van der Waals surface area contributed by atoms with Gasteiger partial charge in [-0.15, -0.1) is 0 Å². The van der Waals surface area contributed by atoms with Gasteiger partial charge in [0.15, 0.2) is 11.3 Å². The third kappa shape index (κ3) is 2.50. The van der Waals surface area contributed by atoms with E-state index in [0.717, 1.165) is 18.3 Å². The van der Waals surface area contributed by atoms with Crippen LogP contribution in [0.4, 0.5) is 0 Å². The lowest BCUT2D eigenvalue weighted by Gasteiger charge is -2.13. The molecule has 0 aliphatic rings. The molecule has 0 saturated carbocycles. The predicted molar refractivity (Wildman–Crippen MR) is 103 cm³/mol. The number of rotatable bonds is 3. The van der Waals surface area contributed by atoms with Gasteiger partial charge < -0.3 is 20.2 Å². The molecule has 0 fully saturated rings. The number of hydrogen-bond acceptors (Lipinski definition) is 8. The molecule has 0 unspecified atom stereocenters. The summed E-state index contributed by atoms with van der Waals surface area (Å²) in [5.41, 5.74) is -2.53. The van der Waals surface area contributed by atoms with Crippen LogP contribution in [0.1, 0.15) is 23.9 Å². The molecule has 2 atom stereocenters. The Hall–Kier alpha value is -3.78. The smallest absolute Gasteiger partial charge is 0.332 e. The largest absolute Gasteiger partial charge is 0.382 e. The van der Waals surface area contributed by atoms with Gasteiger partial charge in [0.2, 0.25) is 0 Å². The molecular formula is C16H18N8O6. The number of aliphatic hydroxyl groups excluding tert-OH is 2. The SMILES string of the molecule is Cn1c(=O)c2[nH]c([C@H](O)[C@@H](O)c3nc4c([nH]3)c(=O)n(C)c(=O)n4C)nc2n(C)c1=O. The lowest BCUT2D eigenvalue weighted by Crippen LogP contribution is -2.36. The van der Waals surface area contributed by atoms with Crippen LogP contribution in [0.3, 0.4) is 0 Å². The molecule has 0 aliphatic carbocycles. The van der Waals surface area contributed by atoms with E-state index >= 15 is 0 Å². The summed E-state index contributed by atoms with van der Waals surface area (Å²) in [4.78, 5) is 62.0. The van der Waals surface area contributed by atoms with Gasteiger partial charge in [0.05, 0.1) is 0 Å². The first-order valence-electron chi connectivity index (χ1n) is 8.72. The zero-order chi connectivity index (χ0) is 22.1. The number of aliphatic hydroxyl groups is 2. The maximum atomic E-state index is 12.3. The summed E-state index contributed by atoms with van der Waals surface area (Å²) < 4.78 is 4.00. The average molecular weight is 418 g/mol. The summed E-state index contributed by atoms with van der Waals surface area (Å²) >= 11 is 0. The van der Waals surface area contributed by atoms with Gasteiger partial charge in [-0.2, -0.15) is 0 Å². The molecule has 14 heteroatoms. The fraction of sp³-hybridized carbons (Fsp3) is 0.375. The van der Waals surface area contributed by atoms with Crippen LogP contribution in [0.15, 0.2) is 19.2 Å². The molecule has 0 aromatic carbocycles. The van der Waals surface area contributed by atoms with Crippen LogP contribution in [0, 0.1) is 0 Å². The molecule has 4 heterocycles. The van der Waals surface area contributed by atoms with Gasteiger partial charge in [0.25, 0.3) is 11.1 Å². The third-order valence-electron chi connectivity index (χ3n) is 5.09. The number of fused-ring (bicyclic) bond motifs is 2. The molecule has 0 radical (unpaired) electrons. The Labute approximate surface area is 165 Å². The van der Waals surface area contributed by atoms with E-state index in [1.165, 1.54) is 28.2 Å². The molecule has 30 heavy (non-hydrogen) atoms. The highest BCUT2D eigenvalue weighted by atomic mass is 16.3. The topological polar surface area (TPSA) is 186 Å². The van der Waals surface area contributed by atoms with Crippen molar-refractivity contribution in [1.82, 2.24) is 38.2 Å². The monoisotopic (exact) mass is 418 g/mol. The van der Waals surface area contributed by atoms with Crippen LogP contribution in [0.25, 0.3) is 22.3 Å². The highest BCUT2D eigenvalue weighted by Gasteiger charge is 2.28. The normalized spacial score (nSPS) is 13.9. The Morgan fingerprint density at radius 2 is 1.00 bits per heavy atom. The van der Waals surface area contributed by atoms with E-state index < -0.39 is 34.7 Å². The second kappa shape index (κ2) is 6.36. The van der Waals surface area contributed by atoms with Crippen molar-refractivity contribution in [2.45, 2.75) is 12.2 Å². The zero-order valence-corrected chi connectivity index (χ0v) is 16.4. The molecule has 0 bridgehead atoms. The molecule has 0 saturated heterocycles. The van der Waals surface area contributed by atoms with Crippen LogP contribution in [-0.2, 0) is 28.2 Å². The number of H-pyrrole nitrogens is 2. The van der Waals surface area contributed by atoms with E-state index in [9.17, 15) is 29.4 Å². The number of nitrogens with zero attached hydrogens (tertiary/aromatic N) is 6. The lowest BCUT2D eigenvalue weighted by atomic mass is 10.2. The van der Waals surface area contributed by atoms with Gasteiger partial charge in [-0.1, -0.05) is 0 Å². The standard InChI is InChI=1S/C16H18N8O6/c1-21-11-5(13(27)23(3)15(21)29)17-9(19-11)7(25)8(26)10-18-6-12(20-10)22(2)16(30)24(4)14(6)28/h7-8,25-26H,1-4H3,(H,17,19)(H,18,20)/t7-,8-/m1/s1. The Kier molecular flexibility index (Phi) is 4.14. The van der Waals surface area contributed by atoms with Gasteiger partial charge in [-0.25, -0.2) is 19.6 Å². The quantitative estimate of drug-likeness (QED) is 0.271. The first kappa shape index (κ1) is 19.5. The van der Waals surface area contributed by atoms with E-state index in [4.69, 9.17) is 0 Å². The number of hydrogen-bond donors (Lipinski definition) is 4. The summed E-state index contributed by atoms with van der Waals surface area (Å²) in [6.07, 6.45) is -3.36. The minimum atomic E-state index is -1.68. The highest BCUT2D eigenvalue weighted by molar-refractivity contribution is 5.70. The summed E-state index contributed by atoms with van der Waals surface area (Å²) in [6, 6.07) is 0. The van der Waals surface area contributed by atoms with Crippen molar-refractivity contribution in [3.05, 3.63) is 53.3 Å². The first-order valence-corrected chi connectivity index (χ1v) is 8.72. The van der Waals surface area contributed by atoms with Crippen LogP contribution in [-0.4, -0.2) is 48.4 Å². The molecule has 0 amide bonds. The summed E-state index contributed by atoms with van der Waals surface area (Å²) in [6.45, 7) is 0. The minimum absolute atomic E-state index is 0.00484. The van der Waals surface area contributed by atoms with Gasteiger partial charge in [-0.05, 0) is 0 Å². The Bertz CT molecular complexity index is 1440. The highest BCUT2D eigenvalue weighted by Crippen LogP contribution is 2.26. The van der Waals surface area contributed by atoms with Crippen molar-refractivity contribution in [3.63, 3.8) is 0 Å². The predicted octanol–water partition coefficient (Wildman–Crippen LogP) is -3.00. The zero-order valence-electron chi connectivity index (χ0n) is 16.4. The van der Waals surface area contributed by atoms with E-state index in [-0.39, 0.29) is 34.0 Å². The third-order valence-corrected chi connectivity index (χ3v) is 5.09. The number of nitrogens with one attached hydrogen (secondary N) is 2. The van der Waals surface area contributed by atoms with Crippen molar-refractivity contribution in [1.29, 1.82) is 0 Å². The van der Waals surface area contributed by atoms with Gasteiger partial charge in [0, 0.05) is 28.2 Å². The van der Waals surface area contributed by atoms with Crippen LogP contribution >= 0.6 is 0 Å². The van der Waals surface area contributed by atoms with Crippen molar-refractivity contribution < 1.29 is 10.2 Å². The Morgan fingerprint density at radius 1 is 0.667 bits per heavy atom. The van der Waals surface area contributed by atoms with Crippen molar-refractivity contribution >= 4 is 22.3 Å². The number of aromatic nitrogens is 8. The second-order valence-electron chi connectivity index (χ2n) is 6.94. The second-order valence-corrected chi connectivity index (χ2v) is 6.94. The Morgan fingerprint density at radius 3 is 1.33 bits per heavy atom. The molecular weight excluding hydrogens is 400 g/mol.